The fourth-order valence-electron chi connectivity index (χ4n) is 3.65. The zero-order valence-electron chi connectivity index (χ0n) is 18.8. The van der Waals surface area contributed by atoms with Crippen LogP contribution in [0.15, 0.2) is 62.0 Å². The SMILES string of the molecule is NC(=O)C[n+]1ccc(S/C=C/C2=C(C(=O)O)N3C(=O)C(NC(=O)/C(=N/O)c4csc(N)n4)C3CS2)cc1. The van der Waals surface area contributed by atoms with Crippen LogP contribution in [0.5, 0.6) is 0 Å². The lowest BCUT2D eigenvalue weighted by molar-refractivity contribution is -0.684. The van der Waals surface area contributed by atoms with Crippen LogP contribution in [0.4, 0.5) is 5.13 Å². The molecule has 37 heavy (non-hydrogen) atoms. The van der Waals surface area contributed by atoms with Crippen molar-refractivity contribution in [1.29, 1.82) is 0 Å². The smallest absolute Gasteiger partial charge is 0.353 e. The number of amides is 3. The predicted octanol–water partition coefficient (Wildman–Crippen LogP) is -0.279. The summed E-state index contributed by atoms with van der Waals surface area (Å²) < 4.78 is 1.63. The highest BCUT2D eigenvalue weighted by Crippen LogP contribution is 2.40. The zero-order chi connectivity index (χ0) is 26.7. The Morgan fingerprint density at radius 3 is 2.68 bits per heavy atom. The number of oxime groups is 1. The molecule has 2 atom stereocenters. The summed E-state index contributed by atoms with van der Waals surface area (Å²) in [5, 5.41) is 27.8. The molecule has 0 saturated carbocycles. The van der Waals surface area contributed by atoms with Gasteiger partial charge in [-0.15, -0.1) is 23.1 Å². The third kappa shape index (κ3) is 5.60. The number of primary amides is 1. The van der Waals surface area contributed by atoms with Crippen molar-refractivity contribution in [2.45, 2.75) is 23.5 Å². The molecule has 2 aromatic heterocycles. The molecule has 4 rings (SSSR count). The number of thioether (sulfide) groups is 2. The Hall–Kier alpha value is -3.89. The molecule has 13 nitrogen and oxygen atoms in total. The van der Waals surface area contributed by atoms with Crippen LogP contribution in [0.2, 0.25) is 0 Å². The molecule has 0 aliphatic carbocycles. The lowest BCUT2D eigenvalue weighted by Gasteiger charge is -2.49. The van der Waals surface area contributed by atoms with Gasteiger partial charge in [0, 0.05) is 33.1 Å². The summed E-state index contributed by atoms with van der Waals surface area (Å²) in [7, 11) is 0. The molecule has 0 radical (unpaired) electrons. The van der Waals surface area contributed by atoms with E-state index in [2.05, 4.69) is 15.5 Å². The average Bonchev–Trinajstić information content (AvgIpc) is 3.28. The van der Waals surface area contributed by atoms with Crippen LogP contribution < -0.4 is 21.4 Å². The second-order valence-electron chi connectivity index (χ2n) is 7.67. The Balaban J connectivity index is 1.44. The lowest BCUT2D eigenvalue weighted by Crippen LogP contribution is -2.72. The highest BCUT2D eigenvalue weighted by molar-refractivity contribution is 8.04. The Morgan fingerprint density at radius 2 is 2.08 bits per heavy atom. The van der Waals surface area contributed by atoms with Gasteiger partial charge in [-0.05, 0) is 11.5 Å². The first-order chi connectivity index (χ1) is 17.7. The van der Waals surface area contributed by atoms with Crippen LogP contribution in [0.3, 0.4) is 0 Å². The average molecular weight is 563 g/mol. The van der Waals surface area contributed by atoms with Crippen LogP contribution in [0.1, 0.15) is 5.69 Å². The zero-order valence-corrected chi connectivity index (χ0v) is 21.3. The number of nitrogens with one attached hydrogen (secondary N) is 1. The van der Waals surface area contributed by atoms with Gasteiger partial charge in [-0.3, -0.25) is 19.3 Å². The van der Waals surface area contributed by atoms with Crippen molar-refractivity contribution >= 4 is 69.4 Å². The van der Waals surface area contributed by atoms with Crippen LogP contribution in [0, 0.1) is 0 Å². The second-order valence-corrected chi connectivity index (χ2v) is 10.6. The summed E-state index contributed by atoms with van der Waals surface area (Å²) in [5.41, 5.74) is 10.2. The molecule has 16 heteroatoms. The number of carboxylic acid groups (broad SMARTS) is 1. The maximum Gasteiger partial charge on any atom is 0.353 e. The molecular formula is C21H20N7O6S3+. The van der Waals surface area contributed by atoms with E-state index in [-0.39, 0.29) is 23.1 Å². The molecule has 2 aromatic rings. The van der Waals surface area contributed by atoms with Gasteiger partial charge in [0.05, 0.1) is 6.04 Å². The standard InChI is InChI=1S/C21H19N7O6S3/c22-14(29)7-27-4-1-10(2-5-27)35-6-3-13-17(20(32)33)28-12(9-36-13)16(19(28)31)25-18(30)15(26-34)11-8-37-21(23)24-11/h1-6,8,12,16H,7,9H2,(H6-,22,23,24,25,29,30,32,33,34)/p+1/b6-3+. The number of carboxylic acids is 1. The van der Waals surface area contributed by atoms with Gasteiger partial charge in [-0.1, -0.05) is 16.9 Å². The molecule has 1 saturated heterocycles. The Bertz CT molecular complexity index is 1350. The quantitative estimate of drug-likeness (QED) is 0.0675. The monoisotopic (exact) mass is 562 g/mol. The van der Waals surface area contributed by atoms with Crippen molar-refractivity contribution in [1.82, 2.24) is 15.2 Å². The summed E-state index contributed by atoms with van der Waals surface area (Å²) in [6.07, 6.45) is 5.01. The van der Waals surface area contributed by atoms with Crippen molar-refractivity contribution in [2.75, 3.05) is 11.5 Å². The van der Waals surface area contributed by atoms with E-state index < -0.39 is 41.5 Å². The Morgan fingerprint density at radius 1 is 1.35 bits per heavy atom. The number of nitrogens with two attached hydrogens (primary N) is 2. The molecule has 2 aliphatic heterocycles. The number of aromatic nitrogens is 2. The normalized spacial score (nSPS) is 19.5. The van der Waals surface area contributed by atoms with Gasteiger partial charge in [0.25, 0.3) is 17.7 Å². The van der Waals surface area contributed by atoms with Gasteiger partial charge in [0.2, 0.25) is 6.54 Å². The van der Waals surface area contributed by atoms with E-state index in [9.17, 15) is 29.5 Å². The molecule has 2 aliphatic rings. The van der Waals surface area contributed by atoms with Crippen LogP contribution >= 0.6 is 34.9 Å². The highest BCUT2D eigenvalue weighted by Gasteiger charge is 2.54. The van der Waals surface area contributed by atoms with E-state index in [4.69, 9.17) is 11.5 Å². The first kappa shape index (κ1) is 26.2. The largest absolute Gasteiger partial charge is 0.477 e. The van der Waals surface area contributed by atoms with Crippen molar-refractivity contribution in [2.24, 2.45) is 10.9 Å². The molecule has 2 unspecified atom stereocenters. The fraction of sp³-hybridized carbons (Fsp3) is 0.190. The van der Waals surface area contributed by atoms with Crippen LogP contribution in [-0.4, -0.2) is 67.4 Å². The summed E-state index contributed by atoms with van der Waals surface area (Å²) in [6, 6.07) is 1.99. The van der Waals surface area contributed by atoms with Gasteiger partial charge in [0.1, 0.15) is 17.4 Å². The van der Waals surface area contributed by atoms with Gasteiger partial charge in [0.15, 0.2) is 23.2 Å². The van der Waals surface area contributed by atoms with Crippen molar-refractivity contribution in [3.05, 3.63) is 57.7 Å². The molecule has 1 fully saturated rings. The second kappa shape index (κ2) is 11.0. The number of nitrogen functional groups attached to an aromatic ring is 1. The molecule has 4 heterocycles. The van der Waals surface area contributed by atoms with Gasteiger partial charge < -0.3 is 27.1 Å². The Kier molecular flexibility index (Phi) is 7.80. The Labute approximate surface area is 221 Å². The number of hydrogen-bond donors (Lipinski definition) is 5. The number of hydrogen-bond acceptors (Lipinski definition) is 11. The summed E-state index contributed by atoms with van der Waals surface area (Å²) in [6.45, 7) is 0.0619. The van der Waals surface area contributed by atoms with Gasteiger partial charge in [-0.25, -0.2) is 9.78 Å². The van der Waals surface area contributed by atoms with Crippen molar-refractivity contribution in [3.63, 3.8) is 0 Å². The number of pyridine rings is 1. The van der Waals surface area contributed by atoms with E-state index in [1.807, 2.05) is 0 Å². The third-order valence-electron chi connectivity index (χ3n) is 5.30. The van der Waals surface area contributed by atoms with E-state index in [0.717, 1.165) is 21.1 Å². The number of fused-ring (bicyclic) bond motifs is 1. The van der Waals surface area contributed by atoms with Crippen molar-refractivity contribution < 1.29 is 34.1 Å². The molecule has 3 amide bonds. The molecular weight excluding hydrogens is 542 g/mol. The number of anilines is 1. The number of carbonyl (C=O) groups is 4. The predicted molar refractivity (Wildman–Crippen MR) is 135 cm³/mol. The molecule has 7 N–H and O–H groups in total. The summed E-state index contributed by atoms with van der Waals surface area (Å²) in [4.78, 5) is 54.8. The number of nitrogens with zero attached hydrogens (tertiary/aromatic N) is 4. The topological polar surface area (TPSA) is 205 Å². The molecule has 192 valence electrons. The molecule has 0 aromatic carbocycles. The molecule has 0 spiro atoms. The van der Waals surface area contributed by atoms with E-state index in [1.165, 1.54) is 28.9 Å². The summed E-state index contributed by atoms with van der Waals surface area (Å²) in [5.74, 6) is -2.82. The van der Waals surface area contributed by atoms with E-state index in [0.29, 0.717) is 10.7 Å². The minimum absolute atomic E-state index is 0.0568. The third-order valence-corrected chi connectivity index (χ3v) is 7.93. The van der Waals surface area contributed by atoms with Crippen LogP contribution in [-0.2, 0) is 25.7 Å². The number of aliphatic carboxylic acids is 1. The number of β-lactam (4-membered cyclic amide) rings is 1. The van der Waals surface area contributed by atoms with E-state index >= 15 is 0 Å². The number of allylic oxidation sites excluding steroid dienone is 1. The number of thiazole rings is 1. The minimum atomic E-state index is -1.28. The van der Waals surface area contributed by atoms with Gasteiger partial charge >= 0.3 is 5.97 Å². The van der Waals surface area contributed by atoms with Crippen LogP contribution in [0.25, 0.3) is 0 Å². The lowest BCUT2D eigenvalue weighted by atomic mass is 9.94. The maximum atomic E-state index is 12.9. The first-order valence-corrected chi connectivity index (χ1v) is 13.2. The van der Waals surface area contributed by atoms with E-state index in [1.54, 1.807) is 40.6 Å². The maximum absolute atomic E-state index is 12.9. The fourth-order valence-corrected chi connectivity index (χ4v) is 6.10. The minimum Gasteiger partial charge on any atom is -0.477 e. The highest BCUT2D eigenvalue weighted by atomic mass is 32.2. The first-order valence-electron chi connectivity index (χ1n) is 10.5. The van der Waals surface area contributed by atoms with Gasteiger partial charge in [-0.2, -0.15) is 4.57 Å². The summed E-state index contributed by atoms with van der Waals surface area (Å²) >= 11 is 3.63. The molecule has 0 bridgehead atoms. The number of rotatable bonds is 9. The number of carbonyl (C=O) groups excluding carboxylic acids is 3. The van der Waals surface area contributed by atoms with Crippen molar-refractivity contribution in [3.8, 4) is 0 Å².